The second kappa shape index (κ2) is 4.90. The number of anilines is 1. The number of nitrogens with two attached hydrogens (primary N) is 1. The first-order valence-electron chi connectivity index (χ1n) is 5.48. The van der Waals surface area contributed by atoms with Crippen LogP contribution in [0.5, 0.6) is 5.75 Å². The van der Waals surface area contributed by atoms with Crippen LogP contribution in [-0.2, 0) is 13.2 Å². The molecule has 2 aromatic rings. The minimum absolute atomic E-state index is 0.0589. The highest BCUT2D eigenvalue weighted by molar-refractivity contribution is 6.31. The highest BCUT2D eigenvalue weighted by Crippen LogP contribution is 2.44. The number of ether oxygens (including phenoxy) is 1. The quantitative estimate of drug-likeness (QED) is 0.925. The van der Waals surface area contributed by atoms with Crippen molar-refractivity contribution >= 4 is 17.4 Å². The van der Waals surface area contributed by atoms with Gasteiger partial charge in [0.1, 0.15) is 11.6 Å². The van der Waals surface area contributed by atoms with Crippen LogP contribution in [0.1, 0.15) is 5.56 Å². The lowest BCUT2D eigenvalue weighted by Gasteiger charge is -2.16. The zero-order valence-corrected chi connectivity index (χ0v) is 11.4. The molecule has 0 spiro atoms. The number of alkyl halides is 3. The van der Waals surface area contributed by atoms with Crippen molar-refractivity contribution in [2.45, 2.75) is 6.18 Å². The molecule has 0 unspecified atom stereocenters. The van der Waals surface area contributed by atoms with Gasteiger partial charge in [0, 0.05) is 23.2 Å². The minimum atomic E-state index is -4.58. The Kier molecular flexibility index (Phi) is 3.56. The maximum absolute atomic E-state index is 13.0. The number of hydrogen-bond donors (Lipinski definition) is 1. The number of methoxy groups -OCH3 is 1. The molecule has 1 aromatic heterocycles. The summed E-state index contributed by atoms with van der Waals surface area (Å²) in [5.74, 6) is -0.111. The highest BCUT2D eigenvalue weighted by Gasteiger charge is 2.36. The van der Waals surface area contributed by atoms with Crippen molar-refractivity contribution in [3.8, 4) is 16.9 Å². The maximum atomic E-state index is 13.0. The summed E-state index contributed by atoms with van der Waals surface area (Å²) in [6.07, 6.45) is -3.22. The first kappa shape index (κ1) is 14.5. The Balaban J connectivity index is 2.76. The average Bonchev–Trinajstić information content (AvgIpc) is 2.68. The molecule has 2 rings (SSSR count). The number of aryl methyl sites for hydroxylation is 1. The van der Waals surface area contributed by atoms with Gasteiger partial charge in [-0.15, -0.1) is 0 Å². The molecule has 4 nitrogen and oxygen atoms in total. The number of nitrogens with zero attached hydrogens (tertiary/aromatic N) is 2. The van der Waals surface area contributed by atoms with Gasteiger partial charge in [-0.1, -0.05) is 11.6 Å². The van der Waals surface area contributed by atoms with E-state index in [0.717, 1.165) is 13.2 Å². The number of nitrogen functional groups attached to an aromatic ring is 1. The van der Waals surface area contributed by atoms with E-state index < -0.39 is 11.7 Å². The molecule has 0 aliphatic rings. The van der Waals surface area contributed by atoms with Crippen molar-refractivity contribution in [3.63, 3.8) is 0 Å². The van der Waals surface area contributed by atoms with Crippen molar-refractivity contribution < 1.29 is 17.9 Å². The normalized spacial score (nSPS) is 11.7. The zero-order chi connectivity index (χ0) is 15.1. The van der Waals surface area contributed by atoms with Gasteiger partial charge in [-0.3, -0.25) is 4.68 Å². The Morgan fingerprint density at radius 2 is 1.95 bits per heavy atom. The van der Waals surface area contributed by atoms with Gasteiger partial charge in [-0.25, -0.2) is 0 Å². The van der Waals surface area contributed by atoms with Gasteiger partial charge >= 0.3 is 6.18 Å². The fraction of sp³-hybridized carbons (Fsp3) is 0.250. The van der Waals surface area contributed by atoms with Gasteiger partial charge in [0.2, 0.25) is 0 Å². The van der Waals surface area contributed by atoms with Crippen molar-refractivity contribution in [1.82, 2.24) is 9.78 Å². The van der Waals surface area contributed by atoms with Gasteiger partial charge in [0.25, 0.3) is 0 Å². The Morgan fingerprint density at radius 3 is 2.40 bits per heavy atom. The van der Waals surface area contributed by atoms with Crippen LogP contribution in [0.3, 0.4) is 0 Å². The highest BCUT2D eigenvalue weighted by atomic mass is 35.5. The molecule has 0 saturated carbocycles. The molecule has 8 heteroatoms. The smallest absolute Gasteiger partial charge is 0.420 e. The van der Waals surface area contributed by atoms with E-state index in [9.17, 15) is 13.2 Å². The van der Waals surface area contributed by atoms with E-state index in [1.54, 1.807) is 7.05 Å². The molecule has 0 radical (unpaired) electrons. The summed E-state index contributed by atoms with van der Waals surface area (Å²) < 4.78 is 45.3. The molecule has 2 N–H and O–H groups in total. The van der Waals surface area contributed by atoms with Gasteiger partial charge < -0.3 is 10.5 Å². The Bertz CT molecular complexity index is 652. The van der Waals surface area contributed by atoms with E-state index in [0.29, 0.717) is 5.56 Å². The fourth-order valence-electron chi connectivity index (χ4n) is 1.88. The summed E-state index contributed by atoms with van der Waals surface area (Å²) in [5, 5.41) is 3.84. The maximum Gasteiger partial charge on any atom is 0.420 e. The Hall–Kier alpha value is -1.89. The minimum Gasteiger partial charge on any atom is -0.495 e. The standard InChI is InChI=1S/C12H11ClF3N3O/c1-19-11(17)8(5-18-19)7-3-6(13)4-9(10(7)20-2)12(14,15)16/h3-5H,17H2,1-2H3. The summed E-state index contributed by atoms with van der Waals surface area (Å²) in [7, 11) is 2.75. The summed E-state index contributed by atoms with van der Waals surface area (Å²) in [5.41, 5.74) is 5.32. The van der Waals surface area contributed by atoms with E-state index in [1.807, 2.05) is 0 Å². The molecule has 0 atom stereocenters. The molecular formula is C12H11ClF3N3O. The third-order valence-corrected chi connectivity index (χ3v) is 3.06. The largest absolute Gasteiger partial charge is 0.495 e. The van der Waals surface area contributed by atoms with Crippen molar-refractivity contribution in [1.29, 1.82) is 0 Å². The number of halogens is 4. The van der Waals surface area contributed by atoms with Gasteiger partial charge in [0.05, 0.1) is 18.9 Å². The zero-order valence-electron chi connectivity index (χ0n) is 10.6. The predicted octanol–water partition coefficient (Wildman–Crippen LogP) is 3.35. The summed E-state index contributed by atoms with van der Waals surface area (Å²) in [6.45, 7) is 0. The topological polar surface area (TPSA) is 53.1 Å². The number of aromatic nitrogens is 2. The third kappa shape index (κ3) is 2.40. The summed E-state index contributed by atoms with van der Waals surface area (Å²) in [4.78, 5) is 0. The Morgan fingerprint density at radius 1 is 1.30 bits per heavy atom. The molecule has 1 aromatic carbocycles. The van der Waals surface area contributed by atoms with Gasteiger partial charge in [0.15, 0.2) is 0 Å². The summed E-state index contributed by atoms with van der Waals surface area (Å²) in [6, 6.07) is 2.18. The van der Waals surface area contributed by atoms with E-state index in [4.69, 9.17) is 22.1 Å². The van der Waals surface area contributed by atoms with Crippen LogP contribution in [0.2, 0.25) is 5.02 Å². The van der Waals surface area contributed by atoms with E-state index >= 15 is 0 Å². The van der Waals surface area contributed by atoms with Gasteiger partial charge in [-0.05, 0) is 12.1 Å². The van der Waals surface area contributed by atoms with Crippen LogP contribution in [0, 0.1) is 0 Å². The lowest BCUT2D eigenvalue weighted by molar-refractivity contribution is -0.138. The third-order valence-electron chi connectivity index (χ3n) is 2.84. The van der Waals surface area contributed by atoms with E-state index in [-0.39, 0.29) is 22.2 Å². The van der Waals surface area contributed by atoms with Crippen LogP contribution in [-0.4, -0.2) is 16.9 Å². The lowest BCUT2D eigenvalue weighted by atomic mass is 10.0. The van der Waals surface area contributed by atoms with Gasteiger partial charge in [-0.2, -0.15) is 18.3 Å². The summed E-state index contributed by atoms with van der Waals surface area (Å²) >= 11 is 5.77. The molecule has 0 bridgehead atoms. The number of rotatable bonds is 2. The SMILES string of the molecule is COc1c(-c2cnn(C)c2N)cc(Cl)cc1C(F)(F)F. The van der Waals surface area contributed by atoms with Crippen molar-refractivity contribution in [2.75, 3.05) is 12.8 Å². The number of hydrogen-bond acceptors (Lipinski definition) is 3. The molecule has 20 heavy (non-hydrogen) atoms. The molecule has 0 saturated heterocycles. The monoisotopic (exact) mass is 305 g/mol. The fourth-order valence-corrected chi connectivity index (χ4v) is 2.10. The second-order valence-electron chi connectivity index (χ2n) is 4.10. The first-order chi connectivity index (χ1) is 9.25. The van der Waals surface area contributed by atoms with Crippen LogP contribution < -0.4 is 10.5 Å². The molecule has 108 valence electrons. The van der Waals surface area contributed by atoms with E-state index in [2.05, 4.69) is 5.10 Å². The molecule has 0 amide bonds. The lowest BCUT2D eigenvalue weighted by Crippen LogP contribution is -2.08. The van der Waals surface area contributed by atoms with E-state index in [1.165, 1.54) is 16.9 Å². The molecule has 0 aliphatic carbocycles. The number of benzene rings is 1. The first-order valence-corrected chi connectivity index (χ1v) is 5.86. The Labute approximate surface area is 117 Å². The second-order valence-corrected chi connectivity index (χ2v) is 4.54. The van der Waals surface area contributed by atoms with Crippen LogP contribution in [0.4, 0.5) is 19.0 Å². The molecule has 0 fully saturated rings. The van der Waals surface area contributed by atoms with Crippen LogP contribution in [0.25, 0.3) is 11.1 Å². The van der Waals surface area contributed by atoms with Crippen LogP contribution in [0.15, 0.2) is 18.3 Å². The molecular weight excluding hydrogens is 295 g/mol. The van der Waals surface area contributed by atoms with Crippen molar-refractivity contribution in [3.05, 3.63) is 28.9 Å². The average molecular weight is 306 g/mol. The van der Waals surface area contributed by atoms with Crippen LogP contribution >= 0.6 is 11.6 Å². The predicted molar refractivity (Wildman–Crippen MR) is 69.6 cm³/mol. The molecule has 1 heterocycles. The molecule has 0 aliphatic heterocycles. The van der Waals surface area contributed by atoms with Crippen molar-refractivity contribution in [2.24, 2.45) is 7.05 Å².